The Hall–Kier alpha value is -2.50. The molecule has 0 bridgehead atoms. The molecular formula is C17H16N4O4S3. The third-order valence-electron chi connectivity index (χ3n) is 3.67. The quantitative estimate of drug-likeness (QED) is 0.345. The third kappa shape index (κ3) is 5.06. The van der Waals surface area contributed by atoms with Crippen LogP contribution < -0.4 is 10.2 Å². The minimum Gasteiger partial charge on any atom is -0.465 e. The number of methoxy groups -OCH3 is 1. The van der Waals surface area contributed by atoms with Gasteiger partial charge in [0.1, 0.15) is 6.54 Å². The third-order valence-corrected chi connectivity index (χ3v) is 6.59. The van der Waals surface area contributed by atoms with Crippen molar-refractivity contribution in [2.24, 2.45) is 0 Å². The van der Waals surface area contributed by atoms with Crippen molar-refractivity contribution in [1.29, 1.82) is 0 Å². The second-order valence-corrected chi connectivity index (χ2v) is 8.65. The summed E-state index contributed by atoms with van der Waals surface area (Å²) in [4.78, 5) is 35.1. The number of hydrogen-bond acceptors (Lipinski definition) is 9. The number of carbonyl (C=O) groups excluding carboxylic acids is 2. The van der Waals surface area contributed by atoms with Crippen LogP contribution in [0, 0.1) is 6.92 Å². The van der Waals surface area contributed by atoms with Gasteiger partial charge in [-0.3, -0.25) is 19.5 Å². The summed E-state index contributed by atoms with van der Waals surface area (Å²) < 4.78 is 6.79. The number of rotatable bonds is 7. The molecule has 0 unspecified atom stereocenters. The van der Waals surface area contributed by atoms with E-state index in [0.717, 1.165) is 22.6 Å². The Balaban J connectivity index is 1.53. The monoisotopic (exact) mass is 436 g/mol. The number of esters is 1. The number of thioether (sulfide) groups is 1. The van der Waals surface area contributed by atoms with Crippen LogP contribution in [0.3, 0.4) is 0 Å². The normalized spacial score (nSPS) is 10.6. The smallest absolute Gasteiger partial charge is 0.337 e. The van der Waals surface area contributed by atoms with Gasteiger partial charge in [0, 0.05) is 16.8 Å². The molecule has 0 aliphatic rings. The highest BCUT2D eigenvalue weighted by Crippen LogP contribution is 2.28. The lowest BCUT2D eigenvalue weighted by Crippen LogP contribution is -2.25. The Morgan fingerprint density at radius 1 is 1.25 bits per heavy atom. The molecule has 0 saturated heterocycles. The fourth-order valence-electron chi connectivity index (χ4n) is 2.22. The molecule has 0 aliphatic carbocycles. The zero-order valence-electron chi connectivity index (χ0n) is 15.0. The minimum atomic E-state index is -0.372. The molecule has 8 nitrogen and oxygen atoms in total. The van der Waals surface area contributed by atoms with Gasteiger partial charge >= 0.3 is 10.8 Å². The SMILES string of the molecule is COC(=O)c1ccc(CSc2nnc(NC(=O)Cn3c(C)csc3=O)s2)cc1. The highest BCUT2D eigenvalue weighted by atomic mass is 32.2. The van der Waals surface area contributed by atoms with E-state index in [2.05, 4.69) is 20.3 Å². The van der Waals surface area contributed by atoms with Gasteiger partial charge in [0.2, 0.25) is 11.0 Å². The molecule has 1 amide bonds. The lowest BCUT2D eigenvalue weighted by Gasteiger charge is -2.03. The van der Waals surface area contributed by atoms with Crippen LogP contribution in [0.15, 0.2) is 38.8 Å². The second-order valence-electron chi connectivity index (χ2n) is 5.63. The number of hydrogen-bond donors (Lipinski definition) is 1. The Bertz CT molecular complexity index is 1040. The van der Waals surface area contributed by atoms with Gasteiger partial charge in [-0.05, 0) is 24.6 Å². The van der Waals surface area contributed by atoms with Crippen LogP contribution in [0.2, 0.25) is 0 Å². The van der Waals surface area contributed by atoms with Crippen LogP contribution in [0.1, 0.15) is 21.6 Å². The molecule has 1 aromatic carbocycles. The van der Waals surface area contributed by atoms with E-state index in [0.29, 0.717) is 20.8 Å². The first-order valence-electron chi connectivity index (χ1n) is 8.04. The molecule has 0 radical (unpaired) electrons. The molecule has 2 aromatic heterocycles. The van der Waals surface area contributed by atoms with Crippen LogP contribution in [0.25, 0.3) is 0 Å². The van der Waals surface area contributed by atoms with Crippen LogP contribution in [0.4, 0.5) is 5.13 Å². The molecule has 1 N–H and O–H groups in total. The Morgan fingerprint density at radius 3 is 2.64 bits per heavy atom. The van der Waals surface area contributed by atoms with Crippen molar-refractivity contribution < 1.29 is 14.3 Å². The fraction of sp³-hybridized carbons (Fsp3) is 0.235. The number of carbonyl (C=O) groups is 2. The second kappa shape index (κ2) is 9.13. The number of nitrogens with one attached hydrogen (secondary N) is 1. The maximum absolute atomic E-state index is 12.1. The Kier molecular flexibility index (Phi) is 6.60. The van der Waals surface area contributed by atoms with Gasteiger partial charge in [-0.25, -0.2) is 4.79 Å². The van der Waals surface area contributed by atoms with E-state index in [4.69, 9.17) is 0 Å². The maximum atomic E-state index is 12.1. The van der Waals surface area contributed by atoms with Crippen molar-refractivity contribution in [2.45, 2.75) is 23.6 Å². The van der Waals surface area contributed by atoms with Crippen molar-refractivity contribution in [3.8, 4) is 0 Å². The van der Waals surface area contributed by atoms with E-state index in [-0.39, 0.29) is 23.3 Å². The van der Waals surface area contributed by atoms with Gasteiger partial charge in [-0.1, -0.05) is 46.6 Å². The number of nitrogens with zero attached hydrogens (tertiary/aromatic N) is 3. The Labute approximate surface area is 172 Å². The van der Waals surface area contributed by atoms with Crippen LogP contribution in [-0.4, -0.2) is 33.8 Å². The molecule has 146 valence electrons. The van der Waals surface area contributed by atoms with Crippen LogP contribution in [-0.2, 0) is 21.8 Å². The summed E-state index contributed by atoms with van der Waals surface area (Å²) in [5.41, 5.74) is 2.26. The van der Waals surface area contributed by atoms with Crippen molar-refractivity contribution in [2.75, 3.05) is 12.4 Å². The molecule has 0 saturated carbocycles. The molecule has 28 heavy (non-hydrogen) atoms. The van der Waals surface area contributed by atoms with Crippen LogP contribution in [0.5, 0.6) is 0 Å². The van der Waals surface area contributed by atoms with Crippen LogP contribution >= 0.6 is 34.4 Å². The fourth-order valence-corrected chi connectivity index (χ4v) is 4.68. The molecule has 0 aliphatic heterocycles. The average molecular weight is 437 g/mol. The van der Waals surface area contributed by atoms with E-state index >= 15 is 0 Å². The predicted octanol–water partition coefficient (Wildman–Crippen LogP) is 2.79. The first kappa shape index (κ1) is 20.2. The first-order chi connectivity index (χ1) is 13.5. The molecule has 3 rings (SSSR count). The summed E-state index contributed by atoms with van der Waals surface area (Å²) in [6.07, 6.45) is 0. The summed E-state index contributed by atoms with van der Waals surface area (Å²) in [5, 5.41) is 12.8. The number of thiazole rings is 1. The first-order valence-corrected chi connectivity index (χ1v) is 10.7. The van der Waals surface area contributed by atoms with E-state index in [9.17, 15) is 14.4 Å². The van der Waals surface area contributed by atoms with Gasteiger partial charge in [-0.2, -0.15) is 0 Å². The topological polar surface area (TPSA) is 103 Å². The van der Waals surface area contributed by atoms with Crippen molar-refractivity contribution in [3.05, 3.63) is 56.1 Å². The van der Waals surface area contributed by atoms with Gasteiger partial charge in [0.25, 0.3) is 0 Å². The molecule has 2 heterocycles. The number of anilines is 1. The zero-order valence-corrected chi connectivity index (χ0v) is 17.4. The number of amides is 1. The summed E-state index contributed by atoms with van der Waals surface area (Å²) in [7, 11) is 1.34. The Morgan fingerprint density at radius 2 is 2.00 bits per heavy atom. The molecule has 0 spiro atoms. The van der Waals surface area contributed by atoms with E-state index in [1.165, 1.54) is 34.8 Å². The van der Waals surface area contributed by atoms with Crippen molar-refractivity contribution in [3.63, 3.8) is 0 Å². The number of aromatic nitrogens is 3. The van der Waals surface area contributed by atoms with Crippen molar-refractivity contribution in [1.82, 2.24) is 14.8 Å². The lowest BCUT2D eigenvalue weighted by atomic mass is 10.1. The average Bonchev–Trinajstić information content (AvgIpc) is 3.27. The number of ether oxygens (including phenoxy) is 1. The van der Waals surface area contributed by atoms with E-state index in [1.54, 1.807) is 24.4 Å². The largest absolute Gasteiger partial charge is 0.465 e. The van der Waals surface area contributed by atoms with E-state index < -0.39 is 0 Å². The zero-order chi connectivity index (χ0) is 20.1. The maximum Gasteiger partial charge on any atom is 0.337 e. The number of benzene rings is 1. The minimum absolute atomic E-state index is 0.0528. The number of aryl methyl sites for hydroxylation is 1. The summed E-state index contributed by atoms with van der Waals surface area (Å²) >= 11 is 3.80. The molecular weight excluding hydrogens is 420 g/mol. The van der Waals surface area contributed by atoms with Gasteiger partial charge in [-0.15, -0.1) is 10.2 Å². The highest BCUT2D eigenvalue weighted by molar-refractivity contribution is 8.00. The molecule has 0 atom stereocenters. The molecule has 11 heteroatoms. The highest BCUT2D eigenvalue weighted by Gasteiger charge is 2.12. The van der Waals surface area contributed by atoms with Gasteiger partial charge in [0.15, 0.2) is 4.34 Å². The molecule has 3 aromatic rings. The van der Waals surface area contributed by atoms with Crippen molar-refractivity contribution >= 4 is 51.4 Å². The standard InChI is InChI=1S/C17H16N4O4S3/c1-10-8-27-17(24)21(10)7-13(22)18-15-19-20-16(28-15)26-9-11-3-5-12(6-4-11)14(23)25-2/h3-6,8H,7,9H2,1-2H3,(H,18,19,22). The van der Waals surface area contributed by atoms with E-state index in [1.807, 2.05) is 12.1 Å². The summed E-state index contributed by atoms with van der Waals surface area (Å²) in [6, 6.07) is 7.12. The lowest BCUT2D eigenvalue weighted by molar-refractivity contribution is -0.116. The molecule has 0 fully saturated rings. The van der Waals surface area contributed by atoms with Gasteiger partial charge < -0.3 is 4.74 Å². The summed E-state index contributed by atoms with van der Waals surface area (Å²) in [6.45, 7) is 1.73. The predicted molar refractivity (Wildman–Crippen MR) is 109 cm³/mol. The van der Waals surface area contributed by atoms with Gasteiger partial charge in [0.05, 0.1) is 12.7 Å². The summed E-state index contributed by atoms with van der Waals surface area (Å²) in [5.74, 6) is -0.0496.